The molecule has 0 saturated carbocycles. The van der Waals surface area contributed by atoms with Crippen molar-refractivity contribution in [3.8, 4) is 5.75 Å². The summed E-state index contributed by atoms with van der Waals surface area (Å²) in [5.74, 6) is -1.55. The lowest BCUT2D eigenvalue weighted by Crippen LogP contribution is -2.56. The normalized spacial score (nSPS) is 14.1. The number of aromatic nitrogens is 5. The highest BCUT2D eigenvalue weighted by atomic mass is 16.6. The van der Waals surface area contributed by atoms with Crippen LogP contribution < -0.4 is 10.1 Å². The number of carboxylic acids is 1. The Labute approximate surface area is 228 Å². The molecular formula is C25H30N8O7. The second kappa shape index (κ2) is 12.8. The molecule has 1 aromatic carbocycles. The third-order valence-electron chi connectivity index (χ3n) is 6.27. The highest BCUT2D eigenvalue weighted by Gasteiger charge is 2.31. The van der Waals surface area contributed by atoms with E-state index in [1.54, 1.807) is 13.0 Å². The average molecular weight is 555 g/mol. The van der Waals surface area contributed by atoms with E-state index in [0.29, 0.717) is 22.5 Å². The van der Waals surface area contributed by atoms with Crippen LogP contribution in [-0.2, 0) is 20.9 Å². The van der Waals surface area contributed by atoms with Gasteiger partial charge < -0.3 is 29.7 Å². The summed E-state index contributed by atoms with van der Waals surface area (Å²) in [5, 5.41) is 26.1. The van der Waals surface area contributed by atoms with E-state index in [1.807, 2.05) is 19.1 Å². The number of aromatic amines is 1. The Morgan fingerprint density at radius 3 is 2.55 bits per heavy atom. The predicted molar refractivity (Wildman–Crippen MR) is 138 cm³/mol. The van der Waals surface area contributed by atoms with Gasteiger partial charge in [0.05, 0.1) is 12.1 Å². The number of rotatable bonds is 10. The molecule has 212 valence electrons. The molecule has 0 spiro atoms. The van der Waals surface area contributed by atoms with Gasteiger partial charge in [-0.05, 0) is 38.0 Å². The fourth-order valence-corrected chi connectivity index (χ4v) is 4.23. The van der Waals surface area contributed by atoms with Crippen molar-refractivity contribution in [2.75, 3.05) is 32.8 Å². The number of carbonyl (C=O) groups is 4. The van der Waals surface area contributed by atoms with Crippen LogP contribution in [0.25, 0.3) is 10.9 Å². The van der Waals surface area contributed by atoms with E-state index in [2.05, 4.69) is 30.9 Å². The minimum Gasteiger partial charge on any atom is -0.485 e. The van der Waals surface area contributed by atoms with Crippen LogP contribution in [0.3, 0.4) is 0 Å². The van der Waals surface area contributed by atoms with E-state index < -0.39 is 29.9 Å². The van der Waals surface area contributed by atoms with Gasteiger partial charge in [0.15, 0.2) is 6.61 Å². The van der Waals surface area contributed by atoms with Crippen LogP contribution >= 0.6 is 0 Å². The van der Waals surface area contributed by atoms with Crippen LogP contribution in [0.15, 0.2) is 24.3 Å². The van der Waals surface area contributed by atoms with Gasteiger partial charge in [0.2, 0.25) is 11.7 Å². The molecule has 1 saturated heterocycles. The van der Waals surface area contributed by atoms with E-state index in [9.17, 15) is 24.3 Å². The summed E-state index contributed by atoms with van der Waals surface area (Å²) in [7, 11) is 0. The number of hydrogen-bond acceptors (Lipinski definition) is 10. The SMILES string of the molecule is CCOC(=O)N1CCN(C(=O)C(CCC(=O)O)NC(=O)c2cc(OCc3nn[nH]n3)c3ccc(C)cc3n2)CC1. The number of piperazine rings is 1. The fraction of sp³-hybridized carbons (Fsp3) is 0.440. The first-order valence-electron chi connectivity index (χ1n) is 12.7. The summed E-state index contributed by atoms with van der Waals surface area (Å²) in [6, 6.07) is 5.83. The summed E-state index contributed by atoms with van der Waals surface area (Å²) in [4.78, 5) is 57.5. The first kappa shape index (κ1) is 28.2. The van der Waals surface area contributed by atoms with Gasteiger partial charge in [0.25, 0.3) is 5.91 Å². The van der Waals surface area contributed by atoms with Crippen LogP contribution in [0.5, 0.6) is 5.75 Å². The Balaban J connectivity index is 1.52. The number of tetrazole rings is 1. The van der Waals surface area contributed by atoms with Crippen molar-refractivity contribution in [2.45, 2.75) is 39.3 Å². The van der Waals surface area contributed by atoms with E-state index in [4.69, 9.17) is 9.47 Å². The molecule has 3 N–H and O–H groups in total. The minimum absolute atomic E-state index is 0.0119. The molecule has 0 radical (unpaired) electrons. The lowest BCUT2D eigenvalue weighted by atomic mass is 10.1. The molecular weight excluding hydrogens is 524 g/mol. The van der Waals surface area contributed by atoms with Gasteiger partial charge >= 0.3 is 12.1 Å². The van der Waals surface area contributed by atoms with Gasteiger partial charge in [-0.25, -0.2) is 9.78 Å². The molecule has 1 fully saturated rings. The molecule has 3 aromatic rings. The van der Waals surface area contributed by atoms with Gasteiger partial charge in [0.1, 0.15) is 17.5 Å². The van der Waals surface area contributed by atoms with Crippen molar-refractivity contribution in [2.24, 2.45) is 0 Å². The Morgan fingerprint density at radius 2 is 1.88 bits per heavy atom. The number of ether oxygens (including phenoxy) is 2. The van der Waals surface area contributed by atoms with Crippen LogP contribution in [0, 0.1) is 6.92 Å². The van der Waals surface area contributed by atoms with Gasteiger partial charge in [-0.3, -0.25) is 14.4 Å². The molecule has 4 rings (SSSR count). The van der Waals surface area contributed by atoms with Crippen molar-refractivity contribution >= 4 is 34.8 Å². The maximum Gasteiger partial charge on any atom is 0.409 e. The zero-order chi connectivity index (χ0) is 28.6. The number of nitrogens with zero attached hydrogens (tertiary/aromatic N) is 6. The molecule has 3 heterocycles. The van der Waals surface area contributed by atoms with Gasteiger partial charge in [-0.2, -0.15) is 5.21 Å². The molecule has 0 aliphatic carbocycles. The van der Waals surface area contributed by atoms with Crippen molar-refractivity contribution in [1.82, 2.24) is 40.7 Å². The third kappa shape index (κ3) is 6.98. The second-order valence-electron chi connectivity index (χ2n) is 9.11. The number of hydrogen-bond donors (Lipinski definition) is 3. The lowest BCUT2D eigenvalue weighted by Gasteiger charge is -2.35. The molecule has 1 aliphatic rings. The Hall–Kier alpha value is -4.82. The van der Waals surface area contributed by atoms with Gasteiger partial charge in [0, 0.05) is 44.1 Å². The first-order chi connectivity index (χ1) is 19.2. The number of aliphatic carboxylic acids is 1. The van der Waals surface area contributed by atoms with Crippen molar-refractivity contribution in [1.29, 1.82) is 0 Å². The molecule has 15 nitrogen and oxygen atoms in total. The number of H-pyrrole nitrogens is 1. The molecule has 2 aromatic heterocycles. The average Bonchev–Trinajstić information content (AvgIpc) is 3.47. The van der Waals surface area contributed by atoms with E-state index >= 15 is 0 Å². The summed E-state index contributed by atoms with van der Waals surface area (Å²) in [6.45, 7) is 4.79. The highest BCUT2D eigenvalue weighted by Crippen LogP contribution is 2.27. The lowest BCUT2D eigenvalue weighted by molar-refractivity contribution is -0.138. The molecule has 1 aliphatic heterocycles. The van der Waals surface area contributed by atoms with Crippen LogP contribution in [0.2, 0.25) is 0 Å². The monoisotopic (exact) mass is 554 g/mol. The Bertz CT molecular complexity index is 1370. The number of aryl methyl sites for hydroxylation is 1. The van der Waals surface area contributed by atoms with Gasteiger partial charge in [-0.15, -0.1) is 10.2 Å². The topological polar surface area (TPSA) is 193 Å². The van der Waals surface area contributed by atoms with E-state index in [1.165, 1.54) is 15.9 Å². The van der Waals surface area contributed by atoms with Crippen LogP contribution in [0.4, 0.5) is 4.79 Å². The summed E-state index contributed by atoms with van der Waals surface area (Å²) in [5.41, 5.74) is 1.40. The maximum absolute atomic E-state index is 13.4. The Kier molecular flexibility index (Phi) is 9.04. The largest absolute Gasteiger partial charge is 0.485 e. The number of pyridine rings is 1. The minimum atomic E-state index is -1.11. The zero-order valence-corrected chi connectivity index (χ0v) is 22.1. The number of nitrogens with one attached hydrogen (secondary N) is 2. The van der Waals surface area contributed by atoms with E-state index in [-0.39, 0.29) is 57.9 Å². The molecule has 3 amide bonds. The smallest absolute Gasteiger partial charge is 0.409 e. The third-order valence-corrected chi connectivity index (χ3v) is 6.27. The quantitative estimate of drug-likeness (QED) is 0.322. The molecule has 1 unspecified atom stereocenters. The highest BCUT2D eigenvalue weighted by molar-refractivity contribution is 5.99. The predicted octanol–water partition coefficient (Wildman–Crippen LogP) is 0.899. The fourth-order valence-electron chi connectivity index (χ4n) is 4.23. The van der Waals surface area contributed by atoms with Crippen molar-refractivity contribution in [3.63, 3.8) is 0 Å². The number of fused-ring (bicyclic) bond motifs is 1. The molecule has 0 bridgehead atoms. The summed E-state index contributed by atoms with van der Waals surface area (Å²) in [6.07, 6.45) is -0.908. The zero-order valence-electron chi connectivity index (χ0n) is 22.1. The standard InChI is InChI=1S/C25H30N8O7/c1-3-39-25(38)33-10-8-32(9-11-33)24(37)17(6-7-22(34)35)27-23(36)19-13-20(40-14-21-28-30-31-29-21)16-5-4-15(2)12-18(16)26-19/h4-5,12-13,17H,3,6-11,14H2,1-2H3,(H,27,36)(H,34,35)(H,28,29,30,31). The van der Waals surface area contributed by atoms with Crippen LogP contribution in [-0.4, -0.2) is 103 Å². The molecule has 1 atom stereocenters. The maximum atomic E-state index is 13.4. The van der Waals surface area contributed by atoms with Crippen molar-refractivity contribution in [3.05, 3.63) is 41.3 Å². The number of carboxylic acid groups (broad SMARTS) is 1. The summed E-state index contributed by atoms with van der Waals surface area (Å²) < 4.78 is 10.9. The second-order valence-corrected chi connectivity index (χ2v) is 9.11. The van der Waals surface area contributed by atoms with Crippen molar-refractivity contribution < 1.29 is 33.8 Å². The van der Waals surface area contributed by atoms with Crippen LogP contribution in [0.1, 0.15) is 41.6 Å². The first-order valence-corrected chi connectivity index (χ1v) is 12.7. The Morgan fingerprint density at radius 1 is 1.12 bits per heavy atom. The summed E-state index contributed by atoms with van der Waals surface area (Å²) >= 11 is 0. The number of amides is 3. The van der Waals surface area contributed by atoms with Gasteiger partial charge in [-0.1, -0.05) is 11.3 Å². The molecule has 40 heavy (non-hydrogen) atoms. The number of carbonyl (C=O) groups excluding carboxylic acids is 3. The van der Waals surface area contributed by atoms with E-state index in [0.717, 1.165) is 5.56 Å². The molecule has 15 heteroatoms. The number of benzene rings is 1.